The molecule has 1 aromatic heterocycles. The zero-order chi connectivity index (χ0) is 13.2. The third kappa shape index (κ3) is 2.48. The van der Waals surface area contributed by atoms with Gasteiger partial charge in [-0.3, -0.25) is 9.88 Å². The van der Waals surface area contributed by atoms with Crippen LogP contribution < -0.4 is 5.73 Å². The largest absolute Gasteiger partial charge is 0.330 e. The van der Waals surface area contributed by atoms with Crippen LogP contribution in [0, 0.1) is 5.92 Å². The van der Waals surface area contributed by atoms with Gasteiger partial charge in [-0.1, -0.05) is 24.3 Å². The first-order valence-electron chi connectivity index (χ1n) is 7.03. The number of likely N-dealkylation sites (tertiary alicyclic amines) is 1. The van der Waals surface area contributed by atoms with Gasteiger partial charge in [0.05, 0.1) is 0 Å². The van der Waals surface area contributed by atoms with Crippen molar-refractivity contribution in [2.75, 3.05) is 13.1 Å². The maximum Gasteiger partial charge on any atom is 0.0346 e. The van der Waals surface area contributed by atoms with E-state index in [1.165, 1.54) is 22.8 Å². The fraction of sp³-hybridized carbons (Fsp3) is 0.438. The van der Waals surface area contributed by atoms with E-state index in [1.54, 1.807) is 0 Å². The second-order valence-electron chi connectivity index (χ2n) is 5.64. The first-order valence-corrected chi connectivity index (χ1v) is 7.03. The molecule has 0 radical (unpaired) electrons. The van der Waals surface area contributed by atoms with Crippen molar-refractivity contribution in [3.05, 3.63) is 42.2 Å². The van der Waals surface area contributed by atoms with Crippen LogP contribution in [-0.4, -0.2) is 29.0 Å². The second kappa shape index (κ2) is 5.27. The maximum absolute atomic E-state index is 5.80. The first kappa shape index (κ1) is 12.6. The Hall–Kier alpha value is -1.45. The van der Waals surface area contributed by atoms with Crippen molar-refractivity contribution in [3.63, 3.8) is 0 Å². The van der Waals surface area contributed by atoms with Crippen LogP contribution in [0.25, 0.3) is 10.8 Å². The Labute approximate surface area is 114 Å². The third-order valence-electron chi connectivity index (χ3n) is 4.25. The molecule has 3 nitrogen and oxygen atoms in total. The van der Waals surface area contributed by atoms with Crippen LogP contribution in [-0.2, 0) is 6.54 Å². The van der Waals surface area contributed by atoms with E-state index in [0.717, 1.165) is 19.6 Å². The Morgan fingerprint density at radius 3 is 2.95 bits per heavy atom. The minimum atomic E-state index is 0.618. The van der Waals surface area contributed by atoms with Crippen LogP contribution in [0.15, 0.2) is 36.7 Å². The summed E-state index contributed by atoms with van der Waals surface area (Å²) < 4.78 is 0. The van der Waals surface area contributed by atoms with Crippen molar-refractivity contribution < 1.29 is 0 Å². The van der Waals surface area contributed by atoms with Crippen molar-refractivity contribution in [2.24, 2.45) is 11.7 Å². The van der Waals surface area contributed by atoms with E-state index in [1.807, 2.05) is 12.4 Å². The number of hydrogen-bond acceptors (Lipinski definition) is 3. The smallest absolute Gasteiger partial charge is 0.0346 e. The lowest BCUT2D eigenvalue weighted by Gasteiger charge is -2.21. The molecule has 2 unspecified atom stereocenters. The Balaban J connectivity index is 1.86. The molecule has 1 aliphatic rings. The fourth-order valence-corrected chi connectivity index (χ4v) is 3.13. The maximum atomic E-state index is 5.80. The highest BCUT2D eigenvalue weighted by Gasteiger charge is 2.28. The second-order valence-corrected chi connectivity index (χ2v) is 5.64. The normalized spacial score (nSPS) is 24.1. The molecule has 3 heteroatoms. The molecule has 0 bridgehead atoms. The predicted octanol–water partition coefficient (Wildman–Crippen LogP) is 2.40. The lowest BCUT2D eigenvalue weighted by atomic mass is 10.1. The average molecular weight is 255 g/mol. The summed E-state index contributed by atoms with van der Waals surface area (Å²) in [5.41, 5.74) is 7.13. The lowest BCUT2D eigenvalue weighted by Crippen LogP contribution is -2.27. The zero-order valence-electron chi connectivity index (χ0n) is 11.4. The summed E-state index contributed by atoms with van der Waals surface area (Å²) in [7, 11) is 0. The van der Waals surface area contributed by atoms with E-state index in [9.17, 15) is 0 Å². The van der Waals surface area contributed by atoms with Gasteiger partial charge in [-0.15, -0.1) is 0 Å². The van der Waals surface area contributed by atoms with Gasteiger partial charge in [0.25, 0.3) is 0 Å². The topological polar surface area (TPSA) is 42.1 Å². The number of hydrogen-bond donors (Lipinski definition) is 1. The molecular formula is C16H21N3. The molecule has 0 amide bonds. The Kier molecular flexibility index (Phi) is 3.49. The summed E-state index contributed by atoms with van der Waals surface area (Å²) >= 11 is 0. The minimum Gasteiger partial charge on any atom is -0.330 e. The molecule has 1 aliphatic heterocycles. The van der Waals surface area contributed by atoms with E-state index in [-0.39, 0.29) is 0 Å². The summed E-state index contributed by atoms with van der Waals surface area (Å²) in [5, 5.41) is 2.54. The molecule has 3 rings (SSSR count). The first-order chi connectivity index (χ1) is 9.28. The van der Waals surface area contributed by atoms with E-state index in [2.05, 4.69) is 41.1 Å². The standard InChI is InChI=1S/C16H21N3/c1-12-6-13(7-17)10-19(12)11-15-9-18-8-14-4-2-3-5-16(14)15/h2-5,8-9,12-13H,6-7,10-11,17H2,1H3. The number of benzene rings is 1. The van der Waals surface area contributed by atoms with Crippen LogP contribution >= 0.6 is 0 Å². The molecule has 0 saturated carbocycles. The van der Waals surface area contributed by atoms with Gasteiger partial charge < -0.3 is 5.73 Å². The van der Waals surface area contributed by atoms with Gasteiger partial charge in [0, 0.05) is 36.9 Å². The molecule has 0 aliphatic carbocycles. The summed E-state index contributed by atoms with van der Waals surface area (Å²) in [6, 6.07) is 9.10. The third-order valence-corrected chi connectivity index (χ3v) is 4.25. The van der Waals surface area contributed by atoms with Gasteiger partial charge >= 0.3 is 0 Å². The number of nitrogens with zero attached hydrogens (tertiary/aromatic N) is 2. The highest BCUT2D eigenvalue weighted by atomic mass is 15.2. The van der Waals surface area contributed by atoms with Crippen molar-refractivity contribution in [1.29, 1.82) is 0 Å². The van der Waals surface area contributed by atoms with Crippen molar-refractivity contribution >= 4 is 10.8 Å². The molecule has 2 atom stereocenters. The quantitative estimate of drug-likeness (QED) is 0.915. The number of fused-ring (bicyclic) bond motifs is 1. The van der Waals surface area contributed by atoms with Crippen LogP contribution in [0.4, 0.5) is 0 Å². The van der Waals surface area contributed by atoms with Gasteiger partial charge in [0.2, 0.25) is 0 Å². The molecular weight excluding hydrogens is 234 g/mol. The molecule has 2 heterocycles. The van der Waals surface area contributed by atoms with Crippen LogP contribution in [0.3, 0.4) is 0 Å². The highest BCUT2D eigenvalue weighted by Crippen LogP contribution is 2.26. The molecule has 100 valence electrons. The SMILES string of the molecule is CC1CC(CN)CN1Cc1cncc2ccccc12. The minimum absolute atomic E-state index is 0.618. The van der Waals surface area contributed by atoms with Crippen molar-refractivity contribution in [2.45, 2.75) is 25.9 Å². The summed E-state index contributed by atoms with van der Waals surface area (Å²) in [6.07, 6.45) is 5.16. The molecule has 1 aromatic carbocycles. The van der Waals surface area contributed by atoms with E-state index in [4.69, 9.17) is 5.73 Å². The molecule has 2 N–H and O–H groups in total. The van der Waals surface area contributed by atoms with Gasteiger partial charge in [-0.05, 0) is 36.8 Å². The fourth-order valence-electron chi connectivity index (χ4n) is 3.13. The molecule has 19 heavy (non-hydrogen) atoms. The Morgan fingerprint density at radius 1 is 1.32 bits per heavy atom. The summed E-state index contributed by atoms with van der Waals surface area (Å²) in [6.45, 7) is 5.19. The predicted molar refractivity (Wildman–Crippen MR) is 78.8 cm³/mol. The molecule has 1 fully saturated rings. The van der Waals surface area contributed by atoms with Crippen molar-refractivity contribution in [3.8, 4) is 0 Å². The van der Waals surface area contributed by atoms with Crippen LogP contribution in [0.1, 0.15) is 18.9 Å². The van der Waals surface area contributed by atoms with Crippen LogP contribution in [0.2, 0.25) is 0 Å². The van der Waals surface area contributed by atoms with Gasteiger partial charge in [-0.2, -0.15) is 0 Å². The Morgan fingerprint density at radius 2 is 2.16 bits per heavy atom. The number of nitrogens with two attached hydrogens (primary N) is 1. The number of rotatable bonds is 3. The Bertz CT molecular complexity index is 561. The summed E-state index contributed by atoms with van der Waals surface area (Å²) in [5.74, 6) is 0.651. The van der Waals surface area contributed by atoms with Crippen LogP contribution in [0.5, 0.6) is 0 Å². The number of pyridine rings is 1. The van der Waals surface area contributed by atoms with Crippen molar-refractivity contribution in [1.82, 2.24) is 9.88 Å². The van der Waals surface area contributed by atoms with E-state index >= 15 is 0 Å². The zero-order valence-corrected chi connectivity index (χ0v) is 11.4. The average Bonchev–Trinajstić information content (AvgIpc) is 2.80. The highest BCUT2D eigenvalue weighted by molar-refractivity contribution is 5.84. The van der Waals surface area contributed by atoms with Gasteiger partial charge in [-0.25, -0.2) is 0 Å². The van der Waals surface area contributed by atoms with E-state index < -0.39 is 0 Å². The molecule has 2 aromatic rings. The number of aromatic nitrogens is 1. The lowest BCUT2D eigenvalue weighted by molar-refractivity contribution is 0.256. The molecule has 0 spiro atoms. The summed E-state index contributed by atoms with van der Waals surface area (Å²) in [4.78, 5) is 6.90. The van der Waals surface area contributed by atoms with Gasteiger partial charge in [0.15, 0.2) is 0 Å². The molecule has 1 saturated heterocycles. The van der Waals surface area contributed by atoms with Gasteiger partial charge in [0.1, 0.15) is 0 Å². The van der Waals surface area contributed by atoms with E-state index in [0.29, 0.717) is 12.0 Å². The monoisotopic (exact) mass is 255 g/mol.